The van der Waals surface area contributed by atoms with Crippen LogP contribution in [0, 0.1) is 6.92 Å². The Hall–Kier alpha value is -4.17. The fraction of sp³-hybridized carbons (Fsp3) is 0.321. The van der Waals surface area contributed by atoms with Crippen LogP contribution in [0.1, 0.15) is 39.9 Å². The van der Waals surface area contributed by atoms with Gasteiger partial charge in [0.15, 0.2) is 0 Å². The molecule has 2 aromatic carbocycles. The summed E-state index contributed by atoms with van der Waals surface area (Å²) in [6.45, 7) is 5.96. The number of alkyl halides is 6. The Labute approximate surface area is 237 Å². The van der Waals surface area contributed by atoms with E-state index in [2.05, 4.69) is 53.2 Å². The second-order valence-corrected chi connectivity index (χ2v) is 9.03. The summed E-state index contributed by atoms with van der Waals surface area (Å²) >= 11 is 0. The van der Waals surface area contributed by atoms with Crippen LogP contribution in [-0.2, 0) is 9.59 Å². The van der Waals surface area contributed by atoms with Gasteiger partial charge in [0.05, 0.1) is 0 Å². The number of rotatable bonds is 4. The molecule has 4 rings (SSSR count). The molecule has 0 fully saturated rings. The molecule has 0 bridgehead atoms. The number of nitrogens with one attached hydrogen (secondary N) is 3. The first kappa shape index (κ1) is 34.0. The van der Waals surface area contributed by atoms with Crippen LogP contribution in [0.4, 0.5) is 32.0 Å². The van der Waals surface area contributed by atoms with E-state index in [1.807, 2.05) is 24.3 Å². The van der Waals surface area contributed by atoms with Crippen molar-refractivity contribution in [2.75, 3.05) is 31.5 Å². The minimum absolute atomic E-state index is 0.0669. The first-order valence-corrected chi connectivity index (χ1v) is 12.5. The smallest absolute Gasteiger partial charge is 0.475 e. The van der Waals surface area contributed by atoms with Crippen LogP contribution in [0.15, 0.2) is 54.6 Å². The van der Waals surface area contributed by atoms with E-state index in [-0.39, 0.29) is 5.91 Å². The summed E-state index contributed by atoms with van der Waals surface area (Å²) in [6, 6.07) is 14.1. The Morgan fingerprint density at radius 1 is 0.762 bits per heavy atom. The van der Waals surface area contributed by atoms with Gasteiger partial charge in [-0.2, -0.15) is 26.3 Å². The van der Waals surface area contributed by atoms with E-state index < -0.39 is 24.3 Å². The molecule has 0 aromatic heterocycles. The molecule has 42 heavy (non-hydrogen) atoms. The van der Waals surface area contributed by atoms with E-state index >= 15 is 0 Å². The summed E-state index contributed by atoms with van der Waals surface area (Å²) in [6.07, 6.45) is -3.61. The minimum Gasteiger partial charge on any atom is -0.475 e. The highest BCUT2D eigenvalue weighted by Gasteiger charge is 2.38. The monoisotopic (exact) mass is 601 g/mol. The molecule has 0 radical (unpaired) electrons. The minimum atomic E-state index is -5.08. The Balaban J connectivity index is 0.000000367. The second kappa shape index (κ2) is 15.2. The third kappa shape index (κ3) is 11.0. The fourth-order valence-electron chi connectivity index (χ4n) is 3.89. The normalized spacial score (nSPS) is 15.0. The van der Waals surface area contributed by atoms with Crippen molar-refractivity contribution in [3.05, 3.63) is 76.9 Å². The van der Waals surface area contributed by atoms with Gasteiger partial charge in [0.2, 0.25) is 0 Å². The lowest BCUT2D eigenvalue weighted by molar-refractivity contribution is -0.193. The number of amides is 1. The SMILES string of the molecule is Cc1cc(C(=O)Nc2ccc(C3=CCNCC3)cc2)ccc1C1=CCNCC1.O=C(O)C(F)(F)F.O=C(O)C(F)(F)F. The Morgan fingerprint density at radius 2 is 1.24 bits per heavy atom. The van der Waals surface area contributed by atoms with E-state index in [0.29, 0.717) is 5.56 Å². The van der Waals surface area contributed by atoms with Crippen LogP contribution in [-0.4, -0.2) is 66.6 Å². The molecule has 0 saturated carbocycles. The van der Waals surface area contributed by atoms with Gasteiger partial charge < -0.3 is 26.2 Å². The number of carboxylic acids is 2. The Kier molecular flexibility index (Phi) is 12.3. The molecule has 2 heterocycles. The molecule has 5 N–H and O–H groups in total. The largest absolute Gasteiger partial charge is 0.490 e. The van der Waals surface area contributed by atoms with Crippen LogP contribution in [0.2, 0.25) is 0 Å². The van der Waals surface area contributed by atoms with Crippen molar-refractivity contribution < 1.29 is 50.9 Å². The molecule has 0 atom stereocenters. The van der Waals surface area contributed by atoms with Gasteiger partial charge in [-0.25, -0.2) is 9.59 Å². The van der Waals surface area contributed by atoms with Crippen LogP contribution >= 0.6 is 0 Å². The number of carbonyl (C=O) groups is 3. The number of aryl methyl sites for hydroxylation is 1. The summed E-state index contributed by atoms with van der Waals surface area (Å²) in [4.78, 5) is 30.5. The van der Waals surface area contributed by atoms with Crippen molar-refractivity contribution in [1.82, 2.24) is 10.6 Å². The van der Waals surface area contributed by atoms with E-state index in [1.54, 1.807) is 0 Å². The van der Waals surface area contributed by atoms with Crippen molar-refractivity contribution in [2.24, 2.45) is 0 Å². The molecular formula is C28H29F6N3O5. The highest BCUT2D eigenvalue weighted by Crippen LogP contribution is 2.25. The first-order valence-electron chi connectivity index (χ1n) is 12.5. The molecule has 0 saturated heterocycles. The predicted molar refractivity (Wildman–Crippen MR) is 144 cm³/mol. The average molecular weight is 602 g/mol. The van der Waals surface area contributed by atoms with E-state index in [4.69, 9.17) is 19.8 Å². The van der Waals surface area contributed by atoms with Gasteiger partial charge >= 0.3 is 24.3 Å². The molecular weight excluding hydrogens is 572 g/mol. The van der Waals surface area contributed by atoms with Crippen LogP contribution < -0.4 is 16.0 Å². The zero-order valence-electron chi connectivity index (χ0n) is 22.3. The molecule has 2 aromatic rings. The summed E-state index contributed by atoms with van der Waals surface area (Å²) < 4.78 is 63.5. The van der Waals surface area contributed by atoms with Crippen LogP contribution in [0.5, 0.6) is 0 Å². The Bertz CT molecular complexity index is 1290. The average Bonchev–Trinajstić information content (AvgIpc) is 2.94. The lowest BCUT2D eigenvalue weighted by Crippen LogP contribution is -2.21. The fourth-order valence-corrected chi connectivity index (χ4v) is 3.89. The highest BCUT2D eigenvalue weighted by molar-refractivity contribution is 6.04. The number of halogens is 6. The van der Waals surface area contributed by atoms with Crippen molar-refractivity contribution in [3.8, 4) is 0 Å². The van der Waals surface area contributed by atoms with Gasteiger partial charge in [0, 0.05) is 24.3 Å². The van der Waals surface area contributed by atoms with Crippen LogP contribution in [0.25, 0.3) is 11.1 Å². The highest BCUT2D eigenvalue weighted by atomic mass is 19.4. The molecule has 228 valence electrons. The third-order valence-electron chi connectivity index (χ3n) is 5.96. The predicted octanol–water partition coefficient (Wildman–Crippen LogP) is 5.27. The lowest BCUT2D eigenvalue weighted by Gasteiger charge is -2.17. The van der Waals surface area contributed by atoms with Gasteiger partial charge in [-0.15, -0.1) is 0 Å². The molecule has 2 aliphatic heterocycles. The van der Waals surface area contributed by atoms with Gasteiger partial charge in [-0.1, -0.05) is 30.4 Å². The van der Waals surface area contributed by atoms with Gasteiger partial charge in [0.1, 0.15) is 0 Å². The maximum absolute atomic E-state index is 12.7. The van der Waals surface area contributed by atoms with E-state index in [9.17, 15) is 31.1 Å². The van der Waals surface area contributed by atoms with Crippen molar-refractivity contribution in [3.63, 3.8) is 0 Å². The third-order valence-corrected chi connectivity index (χ3v) is 5.96. The number of carboxylic acid groups (broad SMARTS) is 2. The van der Waals surface area contributed by atoms with Gasteiger partial charge in [-0.05, 0) is 85.0 Å². The maximum atomic E-state index is 12.7. The summed E-state index contributed by atoms with van der Waals surface area (Å²) in [5.41, 5.74) is 7.88. The molecule has 0 spiro atoms. The quantitative estimate of drug-likeness (QED) is 0.302. The standard InChI is InChI=1S/C24H27N3O.2C2HF3O2/c1-17-16-21(4-7-23(17)20-10-14-26-15-11-20)24(28)27-22-5-2-18(3-6-22)19-8-12-25-13-9-19;2*3-2(4,5)1(6)7/h2-8,10,16,25-26H,9,11-15H2,1H3,(H,27,28);2*(H,6,7). The summed E-state index contributed by atoms with van der Waals surface area (Å²) in [7, 11) is 0. The zero-order valence-corrected chi connectivity index (χ0v) is 22.3. The van der Waals surface area contributed by atoms with Crippen molar-refractivity contribution in [1.29, 1.82) is 0 Å². The van der Waals surface area contributed by atoms with Crippen LogP contribution in [0.3, 0.4) is 0 Å². The molecule has 2 aliphatic rings. The summed E-state index contributed by atoms with van der Waals surface area (Å²) in [5, 5.41) is 23.9. The Morgan fingerprint density at radius 3 is 1.64 bits per heavy atom. The maximum Gasteiger partial charge on any atom is 0.490 e. The number of anilines is 1. The zero-order chi connectivity index (χ0) is 31.5. The molecule has 0 aliphatic carbocycles. The summed E-state index contributed by atoms with van der Waals surface area (Å²) in [5.74, 6) is -5.58. The number of hydrogen-bond acceptors (Lipinski definition) is 5. The number of benzene rings is 2. The number of aliphatic carboxylic acids is 2. The number of carbonyl (C=O) groups excluding carboxylic acids is 1. The lowest BCUT2D eigenvalue weighted by atomic mass is 9.94. The van der Waals surface area contributed by atoms with Gasteiger partial charge in [-0.3, -0.25) is 4.79 Å². The number of hydrogen-bond donors (Lipinski definition) is 5. The van der Waals surface area contributed by atoms with Crippen molar-refractivity contribution >= 4 is 34.7 Å². The molecule has 0 unspecified atom stereocenters. The van der Waals surface area contributed by atoms with Crippen molar-refractivity contribution in [2.45, 2.75) is 32.1 Å². The van der Waals surface area contributed by atoms with Gasteiger partial charge in [0.25, 0.3) is 5.91 Å². The molecule has 8 nitrogen and oxygen atoms in total. The van der Waals surface area contributed by atoms with E-state index in [1.165, 1.54) is 22.3 Å². The molecule has 1 amide bonds. The topological polar surface area (TPSA) is 128 Å². The second-order valence-electron chi connectivity index (χ2n) is 9.03. The molecule has 14 heteroatoms. The first-order chi connectivity index (χ1) is 19.6. The van der Waals surface area contributed by atoms with E-state index in [0.717, 1.165) is 50.3 Å².